The van der Waals surface area contributed by atoms with Gasteiger partial charge in [-0.25, -0.2) is 4.98 Å². The van der Waals surface area contributed by atoms with Crippen molar-refractivity contribution in [3.63, 3.8) is 0 Å². The summed E-state index contributed by atoms with van der Waals surface area (Å²) >= 11 is 5.15. The van der Waals surface area contributed by atoms with Gasteiger partial charge in [0, 0.05) is 16.1 Å². The molecule has 0 atom stereocenters. The molecule has 17 heavy (non-hydrogen) atoms. The Morgan fingerprint density at radius 1 is 1.41 bits per heavy atom. The average Bonchev–Trinajstić information content (AvgIpc) is 3.07. The Bertz CT molecular complexity index is 522. The lowest BCUT2D eigenvalue weighted by Crippen LogP contribution is -1.82. The van der Waals surface area contributed by atoms with Gasteiger partial charge in [0.2, 0.25) is 5.16 Å². The van der Waals surface area contributed by atoms with E-state index in [-0.39, 0.29) is 0 Å². The van der Waals surface area contributed by atoms with Gasteiger partial charge in [0.25, 0.3) is 0 Å². The third-order valence-electron chi connectivity index (χ3n) is 2.70. The number of benzene rings is 1. The summed E-state index contributed by atoms with van der Waals surface area (Å²) in [4.78, 5) is 4.49. The first kappa shape index (κ1) is 11.3. The summed E-state index contributed by atoms with van der Waals surface area (Å²) < 4.78 is 1.12. The predicted octanol–water partition coefficient (Wildman–Crippen LogP) is 3.74. The Morgan fingerprint density at radius 2 is 2.29 bits per heavy atom. The molecule has 88 valence electrons. The van der Waals surface area contributed by atoms with Crippen molar-refractivity contribution < 1.29 is 0 Å². The molecule has 5 heteroatoms. The lowest BCUT2D eigenvalue weighted by molar-refractivity contribution is 0.932. The second-order valence-electron chi connectivity index (χ2n) is 4.20. The molecule has 1 fully saturated rings. The molecule has 0 saturated heterocycles. The normalized spacial score (nSPS) is 15.1. The van der Waals surface area contributed by atoms with Gasteiger partial charge in [-0.15, -0.1) is 5.10 Å². The molecule has 0 radical (unpaired) electrons. The predicted molar refractivity (Wildman–Crippen MR) is 72.1 cm³/mol. The van der Waals surface area contributed by atoms with E-state index in [1.807, 2.05) is 12.1 Å². The van der Waals surface area contributed by atoms with Crippen LogP contribution in [0.25, 0.3) is 0 Å². The first-order valence-corrected chi connectivity index (χ1v) is 7.38. The molecule has 1 aliphatic carbocycles. The van der Waals surface area contributed by atoms with Crippen molar-refractivity contribution in [3.05, 3.63) is 40.1 Å². The number of thioether (sulfide) groups is 1. The number of aromatic nitrogens is 3. The molecule has 1 heterocycles. The molecule has 0 aliphatic heterocycles. The topological polar surface area (TPSA) is 41.6 Å². The lowest BCUT2D eigenvalue weighted by Gasteiger charge is -1.98. The van der Waals surface area contributed by atoms with Crippen molar-refractivity contribution in [2.24, 2.45) is 0 Å². The Labute approximate surface area is 113 Å². The SMILES string of the molecule is Brc1cccc(CSc2n[nH]c(C3CC3)n2)c1. The molecule has 3 rings (SSSR count). The highest BCUT2D eigenvalue weighted by molar-refractivity contribution is 9.10. The molecule has 1 aromatic heterocycles. The maximum absolute atomic E-state index is 4.49. The maximum Gasteiger partial charge on any atom is 0.208 e. The van der Waals surface area contributed by atoms with Crippen molar-refractivity contribution in [3.8, 4) is 0 Å². The van der Waals surface area contributed by atoms with Crippen molar-refractivity contribution in [2.75, 3.05) is 0 Å². The Balaban J connectivity index is 1.62. The van der Waals surface area contributed by atoms with Gasteiger partial charge in [-0.2, -0.15) is 0 Å². The van der Waals surface area contributed by atoms with Crippen LogP contribution < -0.4 is 0 Å². The quantitative estimate of drug-likeness (QED) is 0.875. The largest absolute Gasteiger partial charge is 0.262 e. The number of rotatable bonds is 4. The lowest BCUT2D eigenvalue weighted by atomic mass is 10.2. The molecule has 0 spiro atoms. The van der Waals surface area contributed by atoms with E-state index in [4.69, 9.17) is 0 Å². The van der Waals surface area contributed by atoms with E-state index in [0.717, 1.165) is 21.2 Å². The van der Waals surface area contributed by atoms with E-state index in [1.54, 1.807) is 11.8 Å². The number of halogens is 1. The second-order valence-corrected chi connectivity index (χ2v) is 6.05. The van der Waals surface area contributed by atoms with E-state index >= 15 is 0 Å². The number of aromatic amines is 1. The Morgan fingerprint density at radius 3 is 3.06 bits per heavy atom. The van der Waals surface area contributed by atoms with E-state index in [2.05, 4.69) is 43.2 Å². The fourth-order valence-corrected chi connectivity index (χ4v) is 2.83. The van der Waals surface area contributed by atoms with Crippen molar-refractivity contribution in [2.45, 2.75) is 29.7 Å². The minimum Gasteiger partial charge on any atom is -0.262 e. The molecule has 1 aromatic carbocycles. The zero-order valence-electron chi connectivity index (χ0n) is 9.19. The summed E-state index contributed by atoms with van der Waals surface area (Å²) in [5.74, 6) is 2.60. The molecular formula is C12H12BrN3S. The molecule has 1 N–H and O–H groups in total. The van der Waals surface area contributed by atoms with Crippen molar-refractivity contribution >= 4 is 27.7 Å². The van der Waals surface area contributed by atoms with Gasteiger partial charge in [-0.3, -0.25) is 5.10 Å². The van der Waals surface area contributed by atoms with E-state index in [1.165, 1.54) is 18.4 Å². The molecule has 3 nitrogen and oxygen atoms in total. The highest BCUT2D eigenvalue weighted by atomic mass is 79.9. The highest BCUT2D eigenvalue weighted by Gasteiger charge is 2.27. The first-order valence-electron chi connectivity index (χ1n) is 5.61. The molecule has 1 saturated carbocycles. The van der Waals surface area contributed by atoms with Crippen LogP contribution in [0.4, 0.5) is 0 Å². The van der Waals surface area contributed by atoms with Crippen LogP contribution in [-0.4, -0.2) is 15.2 Å². The summed E-state index contributed by atoms with van der Waals surface area (Å²) in [6.45, 7) is 0. The van der Waals surface area contributed by atoms with Crippen LogP contribution in [0, 0.1) is 0 Å². The van der Waals surface area contributed by atoms with Crippen LogP contribution >= 0.6 is 27.7 Å². The van der Waals surface area contributed by atoms with E-state index < -0.39 is 0 Å². The maximum atomic E-state index is 4.49. The standard InChI is InChI=1S/C12H12BrN3S/c13-10-3-1-2-8(6-10)7-17-12-14-11(15-16-12)9-4-5-9/h1-3,6,9H,4-5,7H2,(H,14,15,16). The van der Waals surface area contributed by atoms with Gasteiger partial charge in [0.1, 0.15) is 5.82 Å². The fourth-order valence-electron chi connectivity index (χ4n) is 1.64. The summed E-state index contributed by atoms with van der Waals surface area (Å²) in [5, 5.41) is 8.11. The molecule has 0 unspecified atom stereocenters. The van der Waals surface area contributed by atoms with Gasteiger partial charge >= 0.3 is 0 Å². The minimum atomic E-state index is 0.641. The summed E-state index contributed by atoms with van der Waals surface area (Å²) in [6.07, 6.45) is 2.51. The second kappa shape index (κ2) is 4.82. The number of hydrogen-bond donors (Lipinski definition) is 1. The monoisotopic (exact) mass is 309 g/mol. The molecular weight excluding hydrogens is 298 g/mol. The molecule has 2 aromatic rings. The van der Waals surface area contributed by atoms with Crippen LogP contribution in [0.1, 0.15) is 30.1 Å². The zero-order chi connectivity index (χ0) is 11.7. The Hall–Kier alpha value is -0.810. The summed E-state index contributed by atoms with van der Waals surface area (Å²) in [6, 6.07) is 8.33. The number of nitrogens with one attached hydrogen (secondary N) is 1. The highest BCUT2D eigenvalue weighted by Crippen LogP contribution is 2.38. The number of nitrogens with zero attached hydrogens (tertiary/aromatic N) is 2. The van der Waals surface area contributed by atoms with Crippen molar-refractivity contribution in [1.82, 2.24) is 15.2 Å². The molecule has 1 aliphatic rings. The average molecular weight is 310 g/mol. The zero-order valence-corrected chi connectivity index (χ0v) is 11.6. The van der Waals surface area contributed by atoms with Crippen LogP contribution in [-0.2, 0) is 5.75 Å². The Kier molecular flexibility index (Phi) is 3.20. The molecule has 0 bridgehead atoms. The van der Waals surface area contributed by atoms with Gasteiger partial charge in [0.15, 0.2) is 0 Å². The number of hydrogen-bond acceptors (Lipinski definition) is 3. The third-order valence-corrected chi connectivity index (χ3v) is 4.11. The summed E-state index contributed by atoms with van der Waals surface area (Å²) in [5.41, 5.74) is 1.28. The van der Waals surface area contributed by atoms with Crippen LogP contribution in [0.2, 0.25) is 0 Å². The fraction of sp³-hybridized carbons (Fsp3) is 0.333. The van der Waals surface area contributed by atoms with Crippen molar-refractivity contribution in [1.29, 1.82) is 0 Å². The van der Waals surface area contributed by atoms with Crippen LogP contribution in [0.15, 0.2) is 33.9 Å². The van der Waals surface area contributed by atoms with E-state index in [0.29, 0.717) is 5.92 Å². The van der Waals surface area contributed by atoms with Gasteiger partial charge < -0.3 is 0 Å². The van der Waals surface area contributed by atoms with Gasteiger partial charge in [-0.1, -0.05) is 39.8 Å². The third kappa shape index (κ3) is 2.90. The first-order chi connectivity index (χ1) is 8.31. The van der Waals surface area contributed by atoms with Gasteiger partial charge in [-0.05, 0) is 30.5 Å². The van der Waals surface area contributed by atoms with E-state index in [9.17, 15) is 0 Å². The number of H-pyrrole nitrogens is 1. The smallest absolute Gasteiger partial charge is 0.208 e. The van der Waals surface area contributed by atoms with Gasteiger partial charge in [0.05, 0.1) is 0 Å². The summed E-state index contributed by atoms with van der Waals surface area (Å²) in [7, 11) is 0. The minimum absolute atomic E-state index is 0.641. The van der Waals surface area contributed by atoms with Crippen LogP contribution in [0.3, 0.4) is 0 Å². The van der Waals surface area contributed by atoms with Crippen LogP contribution in [0.5, 0.6) is 0 Å². The molecule has 0 amide bonds.